The minimum Gasteiger partial charge on any atom is -0.350 e. The Bertz CT molecular complexity index is 1240. The summed E-state index contributed by atoms with van der Waals surface area (Å²) in [5.41, 5.74) is 3.13. The minimum atomic E-state index is -0.406. The number of benzene rings is 2. The Morgan fingerprint density at radius 3 is 2.66 bits per heavy atom. The molecule has 29 heavy (non-hydrogen) atoms. The lowest BCUT2D eigenvalue weighted by Crippen LogP contribution is -2.32. The van der Waals surface area contributed by atoms with E-state index in [-0.39, 0.29) is 12.5 Å². The van der Waals surface area contributed by atoms with E-state index in [4.69, 9.17) is 0 Å². The fourth-order valence-corrected chi connectivity index (χ4v) is 3.28. The Labute approximate surface area is 166 Å². The van der Waals surface area contributed by atoms with Gasteiger partial charge in [0, 0.05) is 12.7 Å². The van der Waals surface area contributed by atoms with Crippen molar-refractivity contribution in [3.63, 3.8) is 0 Å². The number of fused-ring (bicyclic) bond motifs is 1. The van der Waals surface area contributed by atoms with Gasteiger partial charge in [0.25, 0.3) is 0 Å². The summed E-state index contributed by atoms with van der Waals surface area (Å²) >= 11 is 0. The van der Waals surface area contributed by atoms with Gasteiger partial charge < -0.3 is 5.32 Å². The first kappa shape index (κ1) is 18.6. The van der Waals surface area contributed by atoms with Crippen LogP contribution in [0.5, 0.6) is 0 Å². The zero-order valence-corrected chi connectivity index (χ0v) is 15.8. The predicted molar refractivity (Wildman–Crippen MR) is 108 cm³/mol. The van der Waals surface area contributed by atoms with Gasteiger partial charge in [0.05, 0.1) is 11.2 Å². The summed E-state index contributed by atoms with van der Waals surface area (Å²) in [6.45, 7) is 2.23. The van der Waals surface area contributed by atoms with Gasteiger partial charge in [-0.1, -0.05) is 29.8 Å². The van der Waals surface area contributed by atoms with Crippen molar-refractivity contribution in [3.05, 3.63) is 94.3 Å². The summed E-state index contributed by atoms with van der Waals surface area (Å²) in [6, 6.07) is 16.9. The summed E-state index contributed by atoms with van der Waals surface area (Å²) in [4.78, 5) is 29.8. The zero-order chi connectivity index (χ0) is 20.4. The molecule has 4 aromatic rings. The van der Waals surface area contributed by atoms with Crippen LogP contribution in [0.4, 0.5) is 4.39 Å². The molecule has 0 unspecified atom stereocenters. The third kappa shape index (κ3) is 3.80. The van der Waals surface area contributed by atoms with E-state index in [0.717, 1.165) is 11.1 Å². The van der Waals surface area contributed by atoms with E-state index >= 15 is 0 Å². The second-order valence-corrected chi connectivity index (χ2v) is 6.79. The molecule has 1 N–H and O–H groups in total. The highest BCUT2D eigenvalue weighted by Crippen LogP contribution is 2.16. The third-order valence-corrected chi connectivity index (χ3v) is 4.65. The van der Waals surface area contributed by atoms with Gasteiger partial charge in [0.1, 0.15) is 12.4 Å². The van der Waals surface area contributed by atoms with Crippen LogP contribution in [0, 0.1) is 12.7 Å². The van der Waals surface area contributed by atoms with E-state index in [0.29, 0.717) is 23.4 Å². The van der Waals surface area contributed by atoms with Gasteiger partial charge in [0.2, 0.25) is 5.91 Å². The van der Waals surface area contributed by atoms with Crippen LogP contribution in [-0.2, 0) is 17.9 Å². The second kappa shape index (κ2) is 7.71. The van der Waals surface area contributed by atoms with Gasteiger partial charge >= 0.3 is 5.69 Å². The first-order chi connectivity index (χ1) is 14.0. The summed E-state index contributed by atoms with van der Waals surface area (Å²) < 4.78 is 16.0. The van der Waals surface area contributed by atoms with Gasteiger partial charge in [0.15, 0.2) is 5.65 Å². The van der Waals surface area contributed by atoms with Crippen molar-refractivity contribution in [3.8, 4) is 5.69 Å². The molecule has 6 nitrogen and oxygen atoms in total. The Hall–Kier alpha value is -3.74. The first-order valence-electron chi connectivity index (χ1n) is 9.17. The molecule has 0 fully saturated rings. The standard InChI is InChI=1S/C22H19FN4O2/c1-15-4-2-5-16(12-15)13-25-20(28)14-26-19-6-3-11-24-21(19)27(22(26)29)18-9-7-17(23)8-10-18/h2-12H,13-14H2,1H3,(H,25,28). The summed E-state index contributed by atoms with van der Waals surface area (Å²) in [5.74, 6) is -0.676. The highest BCUT2D eigenvalue weighted by Gasteiger charge is 2.17. The first-order valence-corrected chi connectivity index (χ1v) is 9.17. The molecule has 0 saturated carbocycles. The number of pyridine rings is 1. The maximum absolute atomic E-state index is 13.3. The number of carbonyl (C=O) groups is 1. The number of carbonyl (C=O) groups excluding carboxylic acids is 1. The van der Waals surface area contributed by atoms with Crippen LogP contribution < -0.4 is 11.0 Å². The van der Waals surface area contributed by atoms with Crippen LogP contribution >= 0.6 is 0 Å². The van der Waals surface area contributed by atoms with E-state index in [1.807, 2.05) is 31.2 Å². The molecule has 1 amide bonds. The molecule has 146 valence electrons. The SMILES string of the molecule is Cc1cccc(CNC(=O)Cn2c(=O)n(-c3ccc(F)cc3)c3ncccc32)c1. The highest BCUT2D eigenvalue weighted by atomic mass is 19.1. The number of aromatic nitrogens is 3. The number of hydrogen-bond acceptors (Lipinski definition) is 3. The number of imidazole rings is 1. The van der Waals surface area contributed by atoms with Crippen molar-refractivity contribution in [1.82, 2.24) is 19.4 Å². The Morgan fingerprint density at radius 2 is 1.90 bits per heavy atom. The lowest BCUT2D eigenvalue weighted by Gasteiger charge is -2.07. The molecule has 0 saturated heterocycles. The van der Waals surface area contributed by atoms with Crippen LogP contribution in [-0.4, -0.2) is 20.0 Å². The van der Waals surface area contributed by atoms with E-state index in [1.54, 1.807) is 18.3 Å². The van der Waals surface area contributed by atoms with Gasteiger partial charge in [-0.15, -0.1) is 0 Å². The highest BCUT2D eigenvalue weighted by molar-refractivity contribution is 5.80. The van der Waals surface area contributed by atoms with E-state index in [9.17, 15) is 14.0 Å². The average molecular weight is 390 g/mol. The summed E-state index contributed by atoms with van der Waals surface area (Å²) in [5, 5.41) is 2.85. The number of aryl methyl sites for hydroxylation is 1. The molecule has 0 aliphatic rings. The van der Waals surface area contributed by atoms with Gasteiger partial charge in [-0.3, -0.25) is 9.36 Å². The summed E-state index contributed by atoms with van der Waals surface area (Å²) in [6.07, 6.45) is 1.57. The van der Waals surface area contributed by atoms with Crippen LogP contribution in [0.1, 0.15) is 11.1 Å². The molecule has 0 aliphatic carbocycles. The lowest BCUT2D eigenvalue weighted by atomic mass is 10.1. The number of rotatable bonds is 5. The van der Waals surface area contributed by atoms with Crippen molar-refractivity contribution in [2.45, 2.75) is 20.0 Å². The normalized spacial score (nSPS) is 11.0. The van der Waals surface area contributed by atoms with Gasteiger partial charge in [-0.25, -0.2) is 18.7 Å². The maximum atomic E-state index is 13.3. The zero-order valence-electron chi connectivity index (χ0n) is 15.8. The fourth-order valence-electron chi connectivity index (χ4n) is 3.28. The number of nitrogens with zero attached hydrogens (tertiary/aromatic N) is 3. The van der Waals surface area contributed by atoms with E-state index < -0.39 is 11.5 Å². The third-order valence-electron chi connectivity index (χ3n) is 4.65. The van der Waals surface area contributed by atoms with Crippen LogP contribution in [0.3, 0.4) is 0 Å². The van der Waals surface area contributed by atoms with E-state index in [1.165, 1.54) is 33.4 Å². The number of halogens is 1. The van der Waals surface area contributed by atoms with Crippen molar-refractivity contribution >= 4 is 17.1 Å². The number of nitrogens with one attached hydrogen (secondary N) is 1. The smallest absolute Gasteiger partial charge is 0.335 e. The number of hydrogen-bond donors (Lipinski definition) is 1. The molecule has 4 rings (SSSR count). The van der Waals surface area contributed by atoms with Crippen LogP contribution in [0.15, 0.2) is 71.7 Å². The topological polar surface area (TPSA) is 68.9 Å². The van der Waals surface area contributed by atoms with Crippen molar-refractivity contribution < 1.29 is 9.18 Å². The molecule has 0 radical (unpaired) electrons. The second-order valence-electron chi connectivity index (χ2n) is 6.79. The number of amides is 1. The molecule has 2 aromatic heterocycles. The Balaban J connectivity index is 1.64. The molecular weight excluding hydrogens is 371 g/mol. The van der Waals surface area contributed by atoms with E-state index in [2.05, 4.69) is 10.3 Å². The molecule has 2 aromatic carbocycles. The monoisotopic (exact) mass is 390 g/mol. The lowest BCUT2D eigenvalue weighted by molar-refractivity contribution is -0.121. The van der Waals surface area contributed by atoms with Crippen molar-refractivity contribution in [1.29, 1.82) is 0 Å². The van der Waals surface area contributed by atoms with Crippen LogP contribution in [0.25, 0.3) is 16.9 Å². The fraction of sp³-hybridized carbons (Fsp3) is 0.136. The average Bonchev–Trinajstić information content (AvgIpc) is 2.99. The molecule has 0 atom stereocenters. The molecule has 0 bridgehead atoms. The van der Waals surface area contributed by atoms with Gasteiger partial charge in [-0.05, 0) is 48.9 Å². The van der Waals surface area contributed by atoms with Crippen LogP contribution in [0.2, 0.25) is 0 Å². The largest absolute Gasteiger partial charge is 0.350 e. The Kier molecular flexibility index (Phi) is 4.95. The van der Waals surface area contributed by atoms with Gasteiger partial charge in [-0.2, -0.15) is 0 Å². The Morgan fingerprint density at radius 1 is 1.10 bits per heavy atom. The maximum Gasteiger partial charge on any atom is 0.335 e. The van der Waals surface area contributed by atoms with Crippen molar-refractivity contribution in [2.75, 3.05) is 0 Å². The molecule has 0 spiro atoms. The molecule has 0 aliphatic heterocycles. The molecule has 7 heteroatoms. The molecular formula is C22H19FN4O2. The summed E-state index contributed by atoms with van der Waals surface area (Å²) in [7, 11) is 0. The predicted octanol–water partition coefficient (Wildman–Crippen LogP) is 2.95. The molecule has 2 heterocycles. The minimum absolute atomic E-state index is 0.138. The quantitative estimate of drug-likeness (QED) is 0.570. The van der Waals surface area contributed by atoms with Crippen molar-refractivity contribution in [2.24, 2.45) is 0 Å².